The second-order valence-electron chi connectivity index (χ2n) is 9.91. The van der Waals surface area contributed by atoms with Crippen molar-refractivity contribution in [2.45, 2.75) is 66.6 Å². The summed E-state index contributed by atoms with van der Waals surface area (Å²) >= 11 is 0. The second-order valence-corrected chi connectivity index (χ2v) is 9.91. The molecule has 0 bridgehead atoms. The third-order valence-electron chi connectivity index (χ3n) is 5.61. The number of anilines is 2. The van der Waals surface area contributed by atoms with E-state index in [-0.39, 0.29) is 0 Å². The standard InChI is InChI=1S/C29H40N2O7/c1-19(2)13-15-35-27(32)30-25-11-7-9-23(17-25)21(5)37-29(34)38-22(6)24-10-8-12-26(18-24)31-28(33)36-16-14-20(3)4/h7-12,17-22H,13-16H2,1-6H3,(H,30,32)(H,31,33). The molecule has 0 radical (unpaired) electrons. The normalized spacial score (nSPS) is 12.4. The van der Waals surface area contributed by atoms with E-state index >= 15 is 0 Å². The zero-order valence-electron chi connectivity index (χ0n) is 23.1. The average Bonchev–Trinajstić information content (AvgIpc) is 2.83. The average molecular weight is 529 g/mol. The van der Waals surface area contributed by atoms with Crippen molar-refractivity contribution in [2.75, 3.05) is 23.8 Å². The van der Waals surface area contributed by atoms with Crippen LogP contribution in [0.3, 0.4) is 0 Å². The van der Waals surface area contributed by atoms with Crippen molar-refractivity contribution in [3.63, 3.8) is 0 Å². The molecule has 0 aliphatic heterocycles. The van der Waals surface area contributed by atoms with E-state index in [0.717, 1.165) is 12.8 Å². The number of hydrogen-bond acceptors (Lipinski definition) is 7. The Labute approximate surface area is 225 Å². The summed E-state index contributed by atoms with van der Waals surface area (Å²) in [5, 5.41) is 5.36. The molecular weight excluding hydrogens is 488 g/mol. The Morgan fingerprint density at radius 3 is 1.42 bits per heavy atom. The molecular formula is C29H40N2O7. The molecule has 0 fully saturated rings. The van der Waals surface area contributed by atoms with E-state index in [4.69, 9.17) is 18.9 Å². The van der Waals surface area contributed by atoms with Crippen LogP contribution in [0.25, 0.3) is 0 Å². The number of ether oxygens (including phenoxy) is 4. The molecule has 9 nitrogen and oxygen atoms in total. The van der Waals surface area contributed by atoms with Gasteiger partial charge >= 0.3 is 18.3 Å². The van der Waals surface area contributed by atoms with E-state index < -0.39 is 30.5 Å². The number of nitrogens with one attached hydrogen (secondary N) is 2. The fourth-order valence-electron chi connectivity index (χ4n) is 3.27. The Balaban J connectivity index is 1.87. The predicted octanol–water partition coefficient (Wildman–Crippen LogP) is 7.85. The van der Waals surface area contributed by atoms with E-state index in [1.807, 2.05) is 0 Å². The lowest BCUT2D eigenvalue weighted by Gasteiger charge is -2.18. The van der Waals surface area contributed by atoms with E-state index in [0.29, 0.717) is 47.6 Å². The molecule has 2 amide bonds. The zero-order valence-corrected chi connectivity index (χ0v) is 23.1. The van der Waals surface area contributed by atoms with Gasteiger partial charge in [-0.25, -0.2) is 14.4 Å². The van der Waals surface area contributed by atoms with Crippen molar-refractivity contribution in [1.29, 1.82) is 0 Å². The highest BCUT2D eigenvalue weighted by Crippen LogP contribution is 2.25. The summed E-state index contributed by atoms with van der Waals surface area (Å²) < 4.78 is 21.2. The van der Waals surface area contributed by atoms with Crippen molar-refractivity contribution < 1.29 is 33.3 Å². The summed E-state index contributed by atoms with van der Waals surface area (Å²) in [5.74, 6) is 0.880. The number of carbonyl (C=O) groups is 3. The Bertz CT molecular complexity index is 973. The molecule has 0 aliphatic rings. The van der Waals surface area contributed by atoms with Gasteiger partial charge in [-0.15, -0.1) is 0 Å². The van der Waals surface area contributed by atoms with Crippen LogP contribution in [-0.4, -0.2) is 31.6 Å². The van der Waals surface area contributed by atoms with Gasteiger partial charge < -0.3 is 18.9 Å². The minimum absolute atomic E-state index is 0.341. The summed E-state index contributed by atoms with van der Waals surface area (Å²) in [4.78, 5) is 36.4. The van der Waals surface area contributed by atoms with Gasteiger partial charge in [-0.3, -0.25) is 10.6 Å². The van der Waals surface area contributed by atoms with Gasteiger partial charge in [0, 0.05) is 11.4 Å². The van der Waals surface area contributed by atoms with Crippen molar-refractivity contribution >= 4 is 29.7 Å². The first-order chi connectivity index (χ1) is 18.0. The van der Waals surface area contributed by atoms with Crippen molar-refractivity contribution in [2.24, 2.45) is 11.8 Å². The summed E-state index contributed by atoms with van der Waals surface area (Å²) in [6, 6.07) is 13.9. The van der Waals surface area contributed by atoms with Gasteiger partial charge in [0.1, 0.15) is 12.2 Å². The van der Waals surface area contributed by atoms with Gasteiger partial charge in [0.05, 0.1) is 13.2 Å². The fraction of sp³-hybridized carbons (Fsp3) is 0.483. The van der Waals surface area contributed by atoms with Crippen LogP contribution < -0.4 is 10.6 Å². The molecule has 0 spiro atoms. The SMILES string of the molecule is CC(C)CCOC(=O)Nc1cccc(C(C)OC(=O)OC(C)c2cccc(NC(=O)OCCC(C)C)c2)c1. The molecule has 2 unspecified atom stereocenters. The summed E-state index contributed by atoms with van der Waals surface area (Å²) in [7, 11) is 0. The van der Waals surface area contributed by atoms with Crippen LogP contribution >= 0.6 is 0 Å². The third kappa shape index (κ3) is 11.5. The lowest BCUT2D eigenvalue weighted by Crippen LogP contribution is -2.16. The highest BCUT2D eigenvalue weighted by Gasteiger charge is 2.18. The fourth-order valence-corrected chi connectivity index (χ4v) is 3.27. The van der Waals surface area contributed by atoms with Crippen molar-refractivity contribution in [3.05, 3.63) is 59.7 Å². The van der Waals surface area contributed by atoms with Gasteiger partial charge in [-0.05, 0) is 73.9 Å². The van der Waals surface area contributed by atoms with Crippen LogP contribution in [0, 0.1) is 11.8 Å². The number of benzene rings is 2. The number of amides is 2. The summed E-state index contributed by atoms with van der Waals surface area (Å²) in [6.45, 7) is 12.3. The molecule has 2 aromatic carbocycles. The quantitative estimate of drug-likeness (QED) is 0.213. The van der Waals surface area contributed by atoms with Gasteiger partial charge in [0.25, 0.3) is 0 Å². The van der Waals surface area contributed by atoms with Gasteiger partial charge in [-0.2, -0.15) is 0 Å². The summed E-state index contributed by atoms with van der Waals surface area (Å²) in [6.07, 6.45) is -1.60. The minimum atomic E-state index is -0.845. The highest BCUT2D eigenvalue weighted by molar-refractivity contribution is 5.85. The lowest BCUT2D eigenvalue weighted by atomic mass is 10.1. The molecule has 9 heteroatoms. The van der Waals surface area contributed by atoms with E-state index in [1.54, 1.807) is 62.4 Å². The Morgan fingerprint density at radius 2 is 1.05 bits per heavy atom. The Hall–Kier alpha value is -3.75. The maximum Gasteiger partial charge on any atom is 0.509 e. The molecule has 0 aromatic heterocycles. The van der Waals surface area contributed by atoms with Crippen LogP contribution in [-0.2, 0) is 18.9 Å². The summed E-state index contributed by atoms with van der Waals surface area (Å²) in [5.41, 5.74) is 2.41. The maximum atomic E-state index is 12.5. The van der Waals surface area contributed by atoms with Gasteiger partial charge in [0.15, 0.2) is 0 Å². The largest absolute Gasteiger partial charge is 0.509 e. The molecule has 208 valence electrons. The topological polar surface area (TPSA) is 112 Å². The number of rotatable bonds is 12. The zero-order chi connectivity index (χ0) is 28.1. The highest BCUT2D eigenvalue weighted by atomic mass is 16.7. The first-order valence-corrected chi connectivity index (χ1v) is 13.0. The van der Waals surface area contributed by atoms with Crippen LogP contribution in [0.1, 0.15) is 77.7 Å². The lowest BCUT2D eigenvalue weighted by molar-refractivity contribution is 0.00625. The molecule has 0 heterocycles. The van der Waals surface area contributed by atoms with Gasteiger partial charge in [-0.1, -0.05) is 52.0 Å². The van der Waals surface area contributed by atoms with Crippen molar-refractivity contribution in [1.82, 2.24) is 0 Å². The van der Waals surface area contributed by atoms with Crippen LogP contribution in [0.4, 0.5) is 25.8 Å². The molecule has 2 rings (SSSR count). The van der Waals surface area contributed by atoms with E-state index in [9.17, 15) is 14.4 Å². The number of carbonyl (C=O) groups excluding carboxylic acids is 3. The minimum Gasteiger partial charge on any atom is -0.449 e. The molecule has 0 saturated carbocycles. The molecule has 2 atom stereocenters. The van der Waals surface area contributed by atoms with Crippen LogP contribution in [0.15, 0.2) is 48.5 Å². The smallest absolute Gasteiger partial charge is 0.449 e. The molecule has 38 heavy (non-hydrogen) atoms. The Kier molecular flexibility index (Phi) is 12.4. The third-order valence-corrected chi connectivity index (χ3v) is 5.61. The monoisotopic (exact) mass is 528 g/mol. The Morgan fingerprint density at radius 1 is 0.658 bits per heavy atom. The van der Waals surface area contributed by atoms with Crippen LogP contribution in [0.2, 0.25) is 0 Å². The molecule has 2 N–H and O–H groups in total. The molecule has 0 aliphatic carbocycles. The maximum absolute atomic E-state index is 12.5. The van der Waals surface area contributed by atoms with Crippen molar-refractivity contribution in [3.8, 4) is 0 Å². The predicted molar refractivity (Wildman–Crippen MR) is 146 cm³/mol. The van der Waals surface area contributed by atoms with E-state index in [2.05, 4.69) is 38.3 Å². The van der Waals surface area contributed by atoms with E-state index in [1.165, 1.54) is 0 Å². The van der Waals surface area contributed by atoms with Gasteiger partial charge in [0.2, 0.25) is 0 Å². The number of hydrogen-bond donors (Lipinski definition) is 2. The van der Waals surface area contributed by atoms with Crippen LogP contribution in [0.5, 0.6) is 0 Å². The first-order valence-electron chi connectivity index (χ1n) is 13.0. The molecule has 2 aromatic rings. The molecule has 0 saturated heterocycles. The second kappa shape index (κ2) is 15.5. The first kappa shape index (κ1) is 30.5.